The smallest absolute Gasteiger partial charge is 0.240 e. The first-order chi connectivity index (χ1) is 15.3. The second kappa shape index (κ2) is 9.25. The van der Waals surface area contributed by atoms with Crippen molar-refractivity contribution >= 4 is 11.6 Å². The summed E-state index contributed by atoms with van der Waals surface area (Å²) in [6.07, 6.45) is 4.77. The van der Waals surface area contributed by atoms with Crippen LogP contribution >= 0.6 is 0 Å². The molecule has 1 aromatic carbocycles. The number of rotatable bonds is 4. The Morgan fingerprint density at radius 2 is 1.68 bits per heavy atom. The molecule has 5 rings (SSSR count). The molecular formula is C25H33N5O+2. The average Bonchev–Trinajstić information content (AvgIpc) is 2.84. The molecule has 1 atom stereocenters. The third-order valence-corrected chi connectivity index (χ3v) is 6.99. The molecule has 1 unspecified atom stereocenters. The molecule has 0 amide bonds. The van der Waals surface area contributed by atoms with E-state index in [9.17, 15) is 5.26 Å². The Balaban J connectivity index is 1.53. The van der Waals surface area contributed by atoms with Crippen molar-refractivity contribution in [1.29, 1.82) is 5.26 Å². The van der Waals surface area contributed by atoms with Crippen LogP contribution in [0.5, 0.6) is 0 Å². The quantitative estimate of drug-likeness (QED) is 0.813. The van der Waals surface area contributed by atoms with E-state index in [0.717, 1.165) is 76.8 Å². The summed E-state index contributed by atoms with van der Waals surface area (Å²) in [5, 5.41) is 10.2. The number of nitriles is 1. The van der Waals surface area contributed by atoms with E-state index >= 15 is 0 Å². The highest BCUT2D eigenvalue weighted by Gasteiger charge is 2.35. The first-order valence-corrected chi connectivity index (χ1v) is 11.8. The van der Waals surface area contributed by atoms with Gasteiger partial charge in [0.15, 0.2) is 0 Å². The summed E-state index contributed by atoms with van der Waals surface area (Å²) >= 11 is 0. The van der Waals surface area contributed by atoms with Crippen LogP contribution < -0.4 is 19.7 Å². The number of aromatic amines is 1. The largest absolute Gasteiger partial charge is 0.375 e. The zero-order valence-electron chi connectivity index (χ0n) is 18.3. The lowest BCUT2D eigenvalue weighted by Crippen LogP contribution is -3.10. The number of fused-ring (bicyclic) bond motifs is 1. The van der Waals surface area contributed by atoms with E-state index in [1.165, 1.54) is 41.8 Å². The zero-order chi connectivity index (χ0) is 21.0. The predicted molar refractivity (Wildman–Crippen MR) is 120 cm³/mol. The molecule has 0 saturated carbocycles. The van der Waals surface area contributed by atoms with Gasteiger partial charge in [-0.15, -0.1) is 0 Å². The van der Waals surface area contributed by atoms with Crippen molar-refractivity contribution in [2.45, 2.75) is 38.8 Å². The molecule has 6 heteroatoms. The molecule has 0 aliphatic carbocycles. The van der Waals surface area contributed by atoms with Gasteiger partial charge in [-0.3, -0.25) is 9.80 Å². The Bertz CT molecular complexity index is 943. The van der Waals surface area contributed by atoms with Crippen LogP contribution in [0.15, 0.2) is 30.3 Å². The first-order valence-electron chi connectivity index (χ1n) is 11.8. The van der Waals surface area contributed by atoms with Crippen LogP contribution in [-0.2, 0) is 24.2 Å². The van der Waals surface area contributed by atoms with Crippen LogP contribution in [0.3, 0.4) is 0 Å². The van der Waals surface area contributed by atoms with Crippen LogP contribution in [0, 0.1) is 11.3 Å². The van der Waals surface area contributed by atoms with Gasteiger partial charge in [-0.2, -0.15) is 5.26 Å². The van der Waals surface area contributed by atoms with Crippen molar-refractivity contribution in [2.24, 2.45) is 0 Å². The van der Waals surface area contributed by atoms with Crippen LogP contribution in [0.2, 0.25) is 0 Å². The number of H-pyrrole nitrogens is 1. The van der Waals surface area contributed by atoms with Crippen LogP contribution in [0.4, 0.5) is 11.6 Å². The number of nitrogens with one attached hydrogen (secondary N) is 2. The number of benzene rings is 1. The molecule has 0 bridgehead atoms. The lowest BCUT2D eigenvalue weighted by molar-refractivity contribution is -0.929. The number of ether oxygens (including phenoxy) is 1. The maximum Gasteiger partial charge on any atom is 0.240 e. The molecule has 3 aliphatic heterocycles. The maximum atomic E-state index is 10.2. The van der Waals surface area contributed by atoms with Crippen molar-refractivity contribution in [3.63, 3.8) is 0 Å². The Morgan fingerprint density at radius 3 is 2.42 bits per heavy atom. The first kappa shape index (κ1) is 20.3. The van der Waals surface area contributed by atoms with Gasteiger partial charge in [0.25, 0.3) is 0 Å². The SMILES string of the molecule is N#Cc1c(N2CCOCC2)[nH+]c(N2CCCCC2)c2c1CC[NH+](Cc1ccccc1)C2. The van der Waals surface area contributed by atoms with Crippen molar-refractivity contribution in [3.05, 3.63) is 52.6 Å². The van der Waals surface area contributed by atoms with Gasteiger partial charge in [0.2, 0.25) is 11.6 Å². The number of piperidine rings is 1. The van der Waals surface area contributed by atoms with Crippen molar-refractivity contribution < 1.29 is 14.6 Å². The van der Waals surface area contributed by atoms with Gasteiger partial charge in [-0.25, -0.2) is 4.98 Å². The lowest BCUT2D eigenvalue weighted by atomic mass is 9.94. The Labute approximate surface area is 185 Å². The van der Waals surface area contributed by atoms with Gasteiger partial charge in [0.05, 0.1) is 51.5 Å². The summed E-state index contributed by atoms with van der Waals surface area (Å²) in [7, 11) is 0. The summed E-state index contributed by atoms with van der Waals surface area (Å²) < 4.78 is 5.57. The molecule has 1 aromatic heterocycles. The molecule has 6 nitrogen and oxygen atoms in total. The standard InChI is InChI=1S/C25H31N5O/c26-17-22-21-9-12-28(18-20-7-3-1-4-8-20)19-23(21)25(29-10-5-2-6-11-29)27-24(22)30-13-15-31-16-14-30/h1,3-4,7-8H,2,5-6,9-16,18-19H2/p+2. The fourth-order valence-electron chi connectivity index (χ4n) is 5.36. The van der Waals surface area contributed by atoms with Crippen LogP contribution in [0.1, 0.15) is 41.5 Å². The Hall–Kier alpha value is -2.62. The fourth-order valence-corrected chi connectivity index (χ4v) is 5.36. The maximum absolute atomic E-state index is 10.2. The van der Waals surface area contributed by atoms with Crippen LogP contribution in [-0.4, -0.2) is 45.9 Å². The second-order valence-electron chi connectivity index (χ2n) is 9.00. The van der Waals surface area contributed by atoms with E-state index in [4.69, 9.17) is 4.74 Å². The van der Waals surface area contributed by atoms with Crippen molar-refractivity contribution in [3.8, 4) is 6.07 Å². The molecule has 2 fully saturated rings. The minimum atomic E-state index is 0.726. The molecule has 31 heavy (non-hydrogen) atoms. The van der Waals surface area contributed by atoms with E-state index in [0.29, 0.717) is 0 Å². The van der Waals surface area contributed by atoms with E-state index < -0.39 is 0 Å². The van der Waals surface area contributed by atoms with Crippen molar-refractivity contribution in [1.82, 2.24) is 0 Å². The van der Waals surface area contributed by atoms with E-state index in [2.05, 4.69) is 51.2 Å². The molecular weight excluding hydrogens is 386 g/mol. The second-order valence-corrected chi connectivity index (χ2v) is 9.00. The van der Waals surface area contributed by atoms with E-state index in [-0.39, 0.29) is 0 Å². The minimum Gasteiger partial charge on any atom is -0.375 e. The van der Waals surface area contributed by atoms with Gasteiger partial charge in [0.1, 0.15) is 24.7 Å². The number of pyridine rings is 1. The molecule has 0 radical (unpaired) electrons. The molecule has 2 saturated heterocycles. The van der Waals surface area contributed by atoms with Gasteiger partial charge in [-0.1, -0.05) is 30.3 Å². The van der Waals surface area contributed by atoms with E-state index in [1.807, 2.05) is 0 Å². The summed E-state index contributed by atoms with van der Waals surface area (Å²) in [6, 6.07) is 13.4. The van der Waals surface area contributed by atoms with Crippen molar-refractivity contribution in [2.75, 3.05) is 55.7 Å². The molecule has 0 spiro atoms. The predicted octanol–water partition coefficient (Wildman–Crippen LogP) is 1.34. The summed E-state index contributed by atoms with van der Waals surface area (Å²) in [4.78, 5) is 10.2. The molecule has 3 aliphatic rings. The van der Waals surface area contributed by atoms with E-state index in [1.54, 1.807) is 4.90 Å². The number of hydrogen-bond acceptors (Lipinski definition) is 4. The van der Waals surface area contributed by atoms with Gasteiger partial charge in [-0.05, 0) is 24.8 Å². The normalized spacial score (nSPS) is 21.5. The molecule has 162 valence electrons. The van der Waals surface area contributed by atoms with Crippen LogP contribution in [0.25, 0.3) is 0 Å². The number of hydrogen-bond donors (Lipinski definition) is 1. The zero-order valence-corrected chi connectivity index (χ0v) is 18.3. The third-order valence-electron chi connectivity index (χ3n) is 6.99. The number of morpholine rings is 1. The topological polar surface area (TPSA) is 58.1 Å². The molecule has 2 N–H and O–H groups in total. The average molecular weight is 420 g/mol. The number of nitrogens with zero attached hydrogens (tertiary/aromatic N) is 3. The third kappa shape index (κ3) is 4.26. The highest BCUT2D eigenvalue weighted by atomic mass is 16.5. The Morgan fingerprint density at radius 1 is 0.935 bits per heavy atom. The highest BCUT2D eigenvalue weighted by Crippen LogP contribution is 2.31. The highest BCUT2D eigenvalue weighted by molar-refractivity contribution is 5.62. The number of quaternary nitrogens is 1. The summed E-state index contributed by atoms with van der Waals surface area (Å²) in [6.45, 7) is 8.42. The minimum absolute atomic E-state index is 0.726. The summed E-state index contributed by atoms with van der Waals surface area (Å²) in [5.41, 5.74) is 4.89. The number of aromatic nitrogens is 1. The van der Waals surface area contributed by atoms with Gasteiger partial charge >= 0.3 is 0 Å². The monoisotopic (exact) mass is 419 g/mol. The van der Waals surface area contributed by atoms with Gasteiger partial charge in [0, 0.05) is 12.0 Å². The molecule has 2 aromatic rings. The fraction of sp³-hybridized carbons (Fsp3) is 0.520. The Kier molecular flexibility index (Phi) is 6.06. The molecule has 4 heterocycles. The number of anilines is 2. The summed E-state index contributed by atoms with van der Waals surface area (Å²) in [5.74, 6) is 2.28. The van der Waals surface area contributed by atoms with Gasteiger partial charge < -0.3 is 9.64 Å². The lowest BCUT2D eigenvalue weighted by Gasteiger charge is -2.33.